The number of anilines is 1. The third-order valence-electron chi connectivity index (χ3n) is 4.09. The number of thiophene rings is 1. The summed E-state index contributed by atoms with van der Waals surface area (Å²) in [6.45, 7) is 1.87. The molecule has 0 saturated carbocycles. The van der Waals surface area contributed by atoms with E-state index in [-0.39, 0.29) is 12.6 Å². The molecule has 5 heteroatoms. The van der Waals surface area contributed by atoms with Crippen molar-refractivity contribution in [3.05, 3.63) is 51.7 Å². The number of rotatable bonds is 4. The van der Waals surface area contributed by atoms with Gasteiger partial charge in [0.25, 0.3) is 0 Å². The van der Waals surface area contributed by atoms with Crippen molar-refractivity contribution < 1.29 is 9.90 Å². The second-order valence-corrected chi connectivity index (χ2v) is 6.71. The maximum atomic E-state index is 12.0. The van der Waals surface area contributed by atoms with E-state index in [2.05, 4.69) is 16.7 Å². The summed E-state index contributed by atoms with van der Waals surface area (Å²) < 4.78 is 0. The Morgan fingerprint density at radius 3 is 2.91 bits per heavy atom. The highest BCUT2D eigenvalue weighted by molar-refractivity contribution is 7.08. The highest BCUT2D eigenvalue weighted by Crippen LogP contribution is 2.25. The van der Waals surface area contributed by atoms with Gasteiger partial charge in [-0.15, -0.1) is 0 Å². The zero-order valence-electron chi connectivity index (χ0n) is 12.6. The first-order chi connectivity index (χ1) is 10.5. The summed E-state index contributed by atoms with van der Waals surface area (Å²) >= 11 is 1.53. The number of carbonyl (C=O) groups is 1. The molecule has 1 aliphatic carbocycles. The summed E-state index contributed by atoms with van der Waals surface area (Å²) in [5.41, 5.74) is 3.26. The molecule has 0 radical (unpaired) electrons. The lowest BCUT2D eigenvalue weighted by Crippen LogP contribution is -2.40. The van der Waals surface area contributed by atoms with Crippen molar-refractivity contribution in [3.63, 3.8) is 0 Å². The van der Waals surface area contributed by atoms with Gasteiger partial charge in [0.05, 0.1) is 6.54 Å². The number of hydrogen-bond acceptors (Lipinski definition) is 3. The Hall–Kier alpha value is -1.85. The lowest BCUT2D eigenvalue weighted by Gasteiger charge is -2.23. The summed E-state index contributed by atoms with van der Waals surface area (Å²) in [7, 11) is 0. The lowest BCUT2D eigenvalue weighted by atomic mass is 9.99. The van der Waals surface area contributed by atoms with Crippen LogP contribution in [0.2, 0.25) is 0 Å². The number of hydrogen-bond donors (Lipinski definition) is 3. The predicted molar refractivity (Wildman–Crippen MR) is 89.4 cm³/mol. The molecular weight excluding hydrogens is 296 g/mol. The fourth-order valence-electron chi connectivity index (χ4n) is 2.75. The molecule has 2 amide bonds. The molecule has 1 aromatic heterocycles. The van der Waals surface area contributed by atoms with Crippen molar-refractivity contribution >= 4 is 23.1 Å². The zero-order valence-corrected chi connectivity index (χ0v) is 13.4. The average molecular weight is 316 g/mol. The molecule has 0 spiro atoms. The Labute approximate surface area is 134 Å². The van der Waals surface area contributed by atoms with Crippen LogP contribution in [-0.4, -0.2) is 17.7 Å². The molecule has 1 heterocycles. The zero-order chi connectivity index (χ0) is 15.6. The van der Waals surface area contributed by atoms with Crippen LogP contribution >= 0.6 is 11.3 Å². The van der Waals surface area contributed by atoms with Crippen LogP contribution in [0.5, 0.6) is 0 Å². The number of aryl methyl sites for hydroxylation is 2. The number of fused-ring (bicyclic) bond motifs is 1. The number of amides is 2. The molecule has 3 N–H and O–H groups in total. The number of urea groups is 1. The highest BCUT2D eigenvalue weighted by Gasteiger charge is 2.24. The number of nitrogens with one attached hydrogen (secondary N) is 2. The van der Waals surface area contributed by atoms with Crippen LogP contribution in [0.15, 0.2) is 35.0 Å². The molecule has 1 atom stereocenters. The predicted octanol–water partition coefficient (Wildman–Crippen LogP) is 3.27. The van der Waals surface area contributed by atoms with Gasteiger partial charge in [-0.25, -0.2) is 4.79 Å². The van der Waals surface area contributed by atoms with E-state index >= 15 is 0 Å². The Bertz CT molecular complexity index is 665. The SMILES string of the molecule is CC(O)(CNC(=O)Nc1ccc2c(c1)CCC2)c1ccsc1. The van der Waals surface area contributed by atoms with Crippen molar-refractivity contribution in [1.82, 2.24) is 5.32 Å². The third-order valence-corrected chi connectivity index (χ3v) is 4.78. The Morgan fingerprint density at radius 1 is 1.32 bits per heavy atom. The van der Waals surface area contributed by atoms with Crippen LogP contribution in [0.4, 0.5) is 10.5 Å². The second-order valence-electron chi connectivity index (χ2n) is 5.93. The van der Waals surface area contributed by atoms with Gasteiger partial charge in [-0.1, -0.05) is 6.07 Å². The largest absolute Gasteiger partial charge is 0.384 e. The van der Waals surface area contributed by atoms with E-state index in [1.807, 2.05) is 29.0 Å². The maximum Gasteiger partial charge on any atom is 0.319 e. The molecular formula is C17H20N2O2S. The first kappa shape index (κ1) is 15.1. The molecule has 2 aromatic rings. The smallest absolute Gasteiger partial charge is 0.319 e. The molecule has 0 saturated heterocycles. The molecule has 0 aliphatic heterocycles. The van der Waals surface area contributed by atoms with Crippen molar-refractivity contribution in [1.29, 1.82) is 0 Å². The van der Waals surface area contributed by atoms with E-state index in [1.165, 1.54) is 28.9 Å². The highest BCUT2D eigenvalue weighted by atomic mass is 32.1. The van der Waals surface area contributed by atoms with Crippen LogP contribution in [0.1, 0.15) is 30.0 Å². The van der Waals surface area contributed by atoms with Crippen LogP contribution in [0, 0.1) is 0 Å². The van der Waals surface area contributed by atoms with Crippen LogP contribution in [0.3, 0.4) is 0 Å². The molecule has 116 valence electrons. The standard InChI is InChI=1S/C17H20N2O2S/c1-17(21,14-7-8-22-10-14)11-18-16(20)19-15-6-5-12-3-2-4-13(12)9-15/h5-10,21H,2-4,11H2,1H3,(H2,18,19,20). The molecule has 22 heavy (non-hydrogen) atoms. The van der Waals surface area contributed by atoms with Gasteiger partial charge in [0.1, 0.15) is 5.60 Å². The van der Waals surface area contributed by atoms with Crippen molar-refractivity contribution in [2.75, 3.05) is 11.9 Å². The number of benzene rings is 1. The number of carbonyl (C=O) groups excluding carboxylic acids is 1. The summed E-state index contributed by atoms with van der Waals surface area (Å²) in [6.07, 6.45) is 3.40. The Morgan fingerprint density at radius 2 is 2.14 bits per heavy atom. The van der Waals surface area contributed by atoms with Gasteiger partial charge in [-0.05, 0) is 71.8 Å². The molecule has 1 aliphatic rings. The van der Waals surface area contributed by atoms with E-state index in [1.54, 1.807) is 6.92 Å². The van der Waals surface area contributed by atoms with Gasteiger partial charge >= 0.3 is 6.03 Å². The van der Waals surface area contributed by atoms with Gasteiger partial charge in [0, 0.05) is 5.69 Å². The van der Waals surface area contributed by atoms with Crippen LogP contribution in [0.25, 0.3) is 0 Å². The molecule has 0 fully saturated rings. The fraction of sp³-hybridized carbons (Fsp3) is 0.353. The van der Waals surface area contributed by atoms with Crippen LogP contribution < -0.4 is 10.6 Å². The van der Waals surface area contributed by atoms with Gasteiger partial charge in [-0.2, -0.15) is 11.3 Å². The minimum absolute atomic E-state index is 0.167. The maximum absolute atomic E-state index is 12.0. The fourth-order valence-corrected chi connectivity index (χ4v) is 3.53. The third kappa shape index (κ3) is 3.31. The molecule has 1 aromatic carbocycles. The molecule has 0 bridgehead atoms. The van der Waals surface area contributed by atoms with Gasteiger partial charge in [0.15, 0.2) is 0 Å². The molecule has 4 nitrogen and oxygen atoms in total. The van der Waals surface area contributed by atoms with E-state index in [9.17, 15) is 9.90 Å². The number of aliphatic hydroxyl groups is 1. The van der Waals surface area contributed by atoms with Crippen molar-refractivity contribution in [2.24, 2.45) is 0 Å². The Balaban J connectivity index is 1.57. The minimum Gasteiger partial charge on any atom is -0.384 e. The van der Waals surface area contributed by atoms with Crippen molar-refractivity contribution in [2.45, 2.75) is 31.8 Å². The first-order valence-electron chi connectivity index (χ1n) is 7.46. The second kappa shape index (κ2) is 6.10. The topological polar surface area (TPSA) is 61.4 Å². The summed E-state index contributed by atoms with van der Waals surface area (Å²) in [6, 6.07) is 7.62. The first-order valence-corrected chi connectivity index (χ1v) is 8.40. The summed E-state index contributed by atoms with van der Waals surface area (Å²) in [5.74, 6) is 0. The van der Waals surface area contributed by atoms with Crippen molar-refractivity contribution in [3.8, 4) is 0 Å². The average Bonchev–Trinajstić information content (AvgIpc) is 3.16. The van der Waals surface area contributed by atoms with Crippen LogP contribution in [-0.2, 0) is 18.4 Å². The van der Waals surface area contributed by atoms with E-state index in [0.29, 0.717) is 0 Å². The summed E-state index contributed by atoms with van der Waals surface area (Å²) in [5, 5.41) is 19.7. The lowest BCUT2D eigenvalue weighted by molar-refractivity contribution is 0.0604. The minimum atomic E-state index is -1.06. The van der Waals surface area contributed by atoms with E-state index < -0.39 is 5.60 Å². The summed E-state index contributed by atoms with van der Waals surface area (Å²) in [4.78, 5) is 12.0. The van der Waals surface area contributed by atoms with Gasteiger partial charge in [0.2, 0.25) is 0 Å². The Kier molecular flexibility index (Phi) is 4.18. The van der Waals surface area contributed by atoms with E-state index in [4.69, 9.17) is 0 Å². The quantitative estimate of drug-likeness (QED) is 0.811. The normalized spacial score (nSPS) is 15.9. The van der Waals surface area contributed by atoms with E-state index in [0.717, 1.165) is 24.1 Å². The molecule has 1 unspecified atom stereocenters. The monoisotopic (exact) mass is 316 g/mol. The van der Waals surface area contributed by atoms with Gasteiger partial charge in [-0.3, -0.25) is 0 Å². The van der Waals surface area contributed by atoms with Gasteiger partial charge < -0.3 is 15.7 Å². The molecule has 3 rings (SSSR count).